The van der Waals surface area contributed by atoms with Crippen LogP contribution in [0.15, 0.2) is 85.1 Å². The first-order valence-corrected chi connectivity index (χ1v) is 9.02. The van der Waals surface area contributed by atoms with E-state index in [0.29, 0.717) is 0 Å². The summed E-state index contributed by atoms with van der Waals surface area (Å²) in [5, 5.41) is 0. The Morgan fingerprint density at radius 2 is 1.42 bits per heavy atom. The number of H-pyrrole nitrogens is 1. The first-order valence-electron chi connectivity index (χ1n) is 9.02. The molecular formula is C23H20N3+. The van der Waals surface area contributed by atoms with Gasteiger partial charge in [0.05, 0.1) is 6.54 Å². The molecule has 0 amide bonds. The zero-order chi connectivity index (χ0) is 17.5. The fraction of sp³-hybridized carbons (Fsp3) is 0.0870. The van der Waals surface area contributed by atoms with E-state index in [4.69, 9.17) is 0 Å². The van der Waals surface area contributed by atoms with Crippen molar-refractivity contribution in [3.63, 3.8) is 0 Å². The lowest BCUT2D eigenvalue weighted by Gasteiger charge is -2.02. The topological polar surface area (TPSA) is 24.1 Å². The SMILES string of the molecule is CC[n+]1c2ccccc2n2cc(-c3ccc(-c4ccccc4)cc3)[nH]c21. The van der Waals surface area contributed by atoms with Gasteiger partial charge in [0.2, 0.25) is 0 Å². The number of aryl methyl sites for hydroxylation is 1. The zero-order valence-electron chi connectivity index (χ0n) is 14.7. The molecule has 1 N–H and O–H groups in total. The monoisotopic (exact) mass is 338 g/mol. The Morgan fingerprint density at radius 3 is 2.19 bits per heavy atom. The molecule has 5 aromatic rings. The summed E-state index contributed by atoms with van der Waals surface area (Å²) in [4.78, 5) is 3.61. The fourth-order valence-corrected chi connectivity index (χ4v) is 3.73. The second kappa shape index (κ2) is 5.88. The highest BCUT2D eigenvalue weighted by Gasteiger charge is 2.20. The van der Waals surface area contributed by atoms with E-state index in [9.17, 15) is 0 Å². The van der Waals surface area contributed by atoms with E-state index >= 15 is 0 Å². The van der Waals surface area contributed by atoms with E-state index in [0.717, 1.165) is 18.0 Å². The Kier molecular flexibility index (Phi) is 3.39. The summed E-state index contributed by atoms with van der Waals surface area (Å²) in [7, 11) is 0. The number of hydrogen-bond acceptors (Lipinski definition) is 0. The minimum Gasteiger partial charge on any atom is -0.241 e. The van der Waals surface area contributed by atoms with Crippen molar-refractivity contribution in [3.8, 4) is 22.4 Å². The predicted octanol–water partition coefficient (Wildman–Crippen LogP) is 5.06. The average Bonchev–Trinajstić information content (AvgIpc) is 3.26. The van der Waals surface area contributed by atoms with Crippen molar-refractivity contribution in [3.05, 3.63) is 85.1 Å². The van der Waals surface area contributed by atoms with Gasteiger partial charge < -0.3 is 0 Å². The smallest absolute Gasteiger partial charge is 0.241 e. The Morgan fingerprint density at radius 1 is 0.769 bits per heavy atom. The molecule has 0 bridgehead atoms. The minimum atomic E-state index is 0.934. The zero-order valence-corrected chi connectivity index (χ0v) is 14.7. The van der Waals surface area contributed by atoms with E-state index < -0.39 is 0 Å². The lowest BCUT2D eigenvalue weighted by molar-refractivity contribution is -0.643. The van der Waals surface area contributed by atoms with Gasteiger partial charge in [0.1, 0.15) is 22.9 Å². The Bertz CT molecular complexity index is 1200. The lowest BCUT2D eigenvalue weighted by Crippen LogP contribution is -2.32. The minimum absolute atomic E-state index is 0.934. The lowest BCUT2D eigenvalue weighted by atomic mass is 10.0. The molecule has 2 aromatic heterocycles. The van der Waals surface area contributed by atoms with Crippen LogP contribution >= 0.6 is 0 Å². The van der Waals surface area contributed by atoms with Crippen molar-refractivity contribution in [1.82, 2.24) is 9.38 Å². The van der Waals surface area contributed by atoms with Gasteiger partial charge in [-0.05, 0) is 30.2 Å². The van der Waals surface area contributed by atoms with Crippen LogP contribution in [0, 0.1) is 0 Å². The van der Waals surface area contributed by atoms with Gasteiger partial charge in [0, 0.05) is 5.56 Å². The number of para-hydroxylation sites is 2. The third-order valence-electron chi connectivity index (χ3n) is 5.04. The summed E-state index contributed by atoms with van der Waals surface area (Å²) < 4.78 is 4.57. The van der Waals surface area contributed by atoms with Gasteiger partial charge >= 0.3 is 5.78 Å². The summed E-state index contributed by atoms with van der Waals surface area (Å²) >= 11 is 0. The molecule has 0 saturated carbocycles. The van der Waals surface area contributed by atoms with Crippen molar-refractivity contribution in [2.75, 3.05) is 0 Å². The Hall–Kier alpha value is -3.33. The number of benzene rings is 3. The maximum absolute atomic E-state index is 3.61. The van der Waals surface area contributed by atoms with Gasteiger partial charge in [-0.1, -0.05) is 66.7 Å². The van der Waals surface area contributed by atoms with Crippen LogP contribution < -0.4 is 4.57 Å². The van der Waals surface area contributed by atoms with Crippen LogP contribution in [0.1, 0.15) is 6.92 Å². The van der Waals surface area contributed by atoms with Gasteiger partial charge in [-0.15, -0.1) is 0 Å². The number of fused-ring (bicyclic) bond motifs is 3. The first-order chi connectivity index (χ1) is 12.8. The second-order valence-corrected chi connectivity index (χ2v) is 6.54. The summed E-state index contributed by atoms with van der Waals surface area (Å²) in [5.74, 6) is 1.12. The Labute approximate surface area is 152 Å². The average molecular weight is 338 g/mol. The molecule has 5 rings (SSSR count). The van der Waals surface area contributed by atoms with Crippen LogP contribution in [0.2, 0.25) is 0 Å². The van der Waals surface area contributed by atoms with Crippen LogP contribution in [-0.4, -0.2) is 9.38 Å². The normalized spacial score (nSPS) is 11.4. The van der Waals surface area contributed by atoms with Crippen LogP contribution in [-0.2, 0) is 6.54 Å². The molecule has 26 heavy (non-hydrogen) atoms. The molecule has 0 spiro atoms. The number of aromatic nitrogens is 3. The standard InChI is InChI=1S/C23H19N3/c1-2-25-21-10-6-7-11-22(21)26-16-20(24-23(25)26)19-14-12-18(13-15-19)17-8-4-3-5-9-17/h3-16H,2H2,1H3/p+1. The molecule has 0 aliphatic heterocycles. The molecule has 0 saturated heterocycles. The van der Waals surface area contributed by atoms with Crippen molar-refractivity contribution < 1.29 is 4.57 Å². The molecular weight excluding hydrogens is 318 g/mol. The van der Waals surface area contributed by atoms with Crippen molar-refractivity contribution in [2.24, 2.45) is 0 Å². The van der Waals surface area contributed by atoms with Gasteiger partial charge in [-0.2, -0.15) is 4.40 Å². The van der Waals surface area contributed by atoms with E-state index in [1.165, 1.54) is 27.7 Å². The van der Waals surface area contributed by atoms with E-state index in [1.54, 1.807) is 0 Å². The van der Waals surface area contributed by atoms with Crippen molar-refractivity contribution in [1.29, 1.82) is 0 Å². The highest BCUT2D eigenvalue weighted by atomic mass is 15.2. The molecule has 0 aliphatic rings. The predicted molar refractivity (Wildman–Crippen MR) is 106 cm³/mol. The first kappa shape index (κ1) is 15.0. The van der Waals surface area contributed by atoms with E-state index in [2.05, 4.69) is 99.9 Å². The molecule has 0 fully saturated rings. The highest BCUT2D eigenvalue weighted by molar-refractivity contribution is 5.77. The van der Waals surface area contributed by atoms with Gasteiger partial charge in [0.15, 0.2) is 0 Å². The number of nitrogens with zero attached hydrogens (tertiary/aromatic N) is 2. The maximum atomic E-state index is 3.61. The van der Waals surface area contributed by atoms with Crippen molar-refractivity contribution >= 4 is 16.8 Å². The number of hydrogen-bond donors (Lipinski definition) is 1. The Balaban J connectivity index is 1.61. The van der Waals surface area contributed by atoms with Crippen LogP contribution in [0.4, 0.5) is 0 Å². The second-order valence-electron chi connectivity index (χ2n) is 6.54. The molecule has 2 heterocycles. The molecule has 0 atom stereocenters. The van der Waals surface area contributed by atoms with Crippen molar-refractivity contribution in [2.45, 2.75) is 13.5 Å². The number of nitrogens with one attached hydrogen (secondary N) is 1. The molecule has 3 nitrogen and oxygen atoms in total. The number of aromatic amines is 1. The van der Waals surface area contributed by atoms with Gasteiger partial charge in [0.25, 0.3) is 0 Å². The summed E-state index contributed by atoms with van der Waals surface area (Å²) in [6.07, 6.45) is 2.20. The summed E-state index contributed by atoms with van der Waals surface area (Å²) in [5.41, 5.74) is 7.29. The molecule has 0 aliphatic carbocycles. The van der Waals surface area contributed by atoms with Gasteiger partial charge in [-0.25, -0.2) is 9.55 Å². The van der Waals surface area contributed by atoms with Gasteiger partial charge in [-0.3, -0.25) is 0 Å². The summed E-state index contributed by atoms with van der Waals surface area (Å²) in [6, 6.07) is 27.8. The molecule has 0 radical (unpaired) electrons. The third kappa shape index (κ3) is 2.25. The van der Waals surface area contributed by atoms with Crippen LogP contribution in [0.5, 0.6) is 0 Å². The number of imidazole rings is 2. The van der Waals surface area contributed by atoms with E-state index in [-0.39, 0.29) is 0 Å². The third-order valence-corrected chi connectivity index (χ3v) is 5.04. The largest absolute Gasteiger partial charge is 0.368 e. The van der Waals surface area contributed by atoms with Crippen LogP contribution in [0.3, 0.4) is 0 Å². The molecule has 126 valence electrons. The molecule has 3 aromatic carbocycles. The van der Waals surface area contributed by atoms with Crippen LogP contribution in [0.25, 0.3) is 39.2 Å². The molecule has 3 heteroatoms. The fourth-order valence-electron chi connectivity index (χ4n) is 3.73. The van der Waals surface area contributed by atoms with E-state index in [1.807, 2.05) is 6.07 Å². The molecule has 0 unspecified atom stereocenters. The highest BCUT2D eigenvalue weighted by Crippen LogP contribution is 2.25. The maximum Gasteiger partial charge on any atom is 0.368 e. The quantitative estimate of drug-likeness (QED) is 0.445. The summed E-state index contributed by atoms with van der Waals surface area (Å²) in [6.45, 7) is 3.12. The number of rotatable bonds is 3.